The Morgan fingerprint density at radius 1 is 1.26 bits per heavy atom. The van der Waals surface area contributed by atoms with Gasteiger partial charge in [-0.2, -0.15) is 0 Å². The van der Waals surface area contributed by atoms with E-state index in [2.05, 4.69) is 5.11 Å². The third kappa shape index (κ3) is 3.48. The maximum Gasteiger partial charge on any atom is 0.293 e. The number of nitrogens with zero attached hydrogens (tertiary/aromatic N) is 1. The van der Waals surface area contributed by atoms with Crippen LogP contribution in [0.4, 0.5) is 0 Å². The molecule has 1 saturated carbocycles. The first-order valence-corrected chi connectivity index (χ1v) is 6.81. The second-order valence-electron chi connectivity index (χ2n) is 5.68. The van der Waals surface area contributed by atoms with E-state index in [-0.39, 0.29) is 35.5 Å². The fraction of sp³-hybridized carbons (Fsp3) is 0.625. The second kappa shape index (κ2) is 5.93. The first kappa shape index (κ1) is 8.28. The highest BCUT2D eigenvalue weighted by Gasteiger charge is 2.38. The Morgan fingerprint density at radius 3 is 2.47 bits per heavy atom. The topological polar surface area (TPSA) is 43.7 Å². The molecule has 2 N–H and O–H groups in total. The summed E-state index contributed by atoms with van der Waals surface area (Å²) >= 11 is 0. The third-order valence-corrected chi connectivity index (χ3v) is 3.85. The van der Waals surface area contributed by atoms with Crippen molar-refractivity contribution in [1.29, 1.82) is 2.86 Å². The van der Waals surface area contributed by atoms with Crippen molar-refractivity contribution in [3.63, 3.8) is 0 Å². The highest BCUT2D eigenvalue weighted by atomic mass is 16.3. The second-order valence-corrected chi connectivity index (χ2v) is 5.68. The van der Waals surface area contributed by atoms with Gasteiger partial charge in [0.2, 0.25) is 1.43 Å². The molecule has 1 aliphatic rings. The predicted octanol–water partition coefficient (Wildman–Crippen LogP) is 2.73. The van der Waals surface area contributed by atoms with Gasteiger partial charge in [-0.15, -0.1) is 0 Å². The minimum Gasteiger partial charge on any atom is -0.508 e. The van der Waals surface area contributed by atoms with Crippen LogP contribution >= 0.6 is 0 Å². The normalized spacial score (nSPS) is 24.6. The SMILES string of the molecule is [2H]Oc1c([2H])c([2H])c(C(CN(C)C)C2(O[2H])CCCCC2)c([2H])c1[2H]. The first-order chi connectivity index (χ1) is 11.8. The Morgan fingerprint density at radius 2 is 1.95 bits per heavy atom. The van der Waals surface area contributed by atoms with Gasteiger partial charge in [-0.3, -0.25) is 0 Å². The van der Waals surface area contributed by atoms with Crippen molar-refractivity contribution in [2.75, 3.05) is 20.6 Å². The quantitative estimate of drug-likeness (QED) is 0.834. The molecule has 0 aromatic heterocycles. The zero-order valence-electron chi connectivity index (χ0n) is 17.6. The van der Waals surface area contributed by atoms with Crippen LogP contribution in [-0.2, 0) is 0 Å². The lowest BCUT2D eigenvalue weighted by molar-refractivity contribution is -0.0277. The van der Waals surface area contributed by atoms with Crippen molar-refractivity contribution in [2.24, 2.45) is 0 Å². The Kier molecular flexibility index (Phi) is 2.58. The van der Waals surface area contributed by atoms with Crippen molar-refractivity contribution in [1.82, 2.24) is 4.90 Å². The van der Waals surface area contributed by atoms with E-state index in [1.54, 1.807) is 0 Å². The van der Waals surface area contributed by atoms with E-state index >= 15 is 0 Å². The number of aliphatic hydroxyl groups is 1. The summed E-state index contributed by atoms with van der Waals surface area (Å²) < 4.78 is 47.5. The number of rotatable bonds is 6. The third-order valence-electron chi connectivity index (χ3n) is 3.85. The monoisotopic (exact) mass is 269 g/mol. The van der Waals surface area contributed by atoms with Crippen LogP contribution in [0.2, 0.25) is 0 Å². The van der Waals surface area contributed by atoms with Gasteiger partial charge < -0.3 is 15.1 Å². The molecule has 19 heavy (non-hydrogen) atoms. The highest BCUT2D eigenvalue weighted by Crippen LogP contribution is 2.40. The van der Waals surface area contributed by atoms with Gasteiger partial charge in [0.05, 0.1) is 11.1 Å². The number of benzene rings is 1. The Bertz CT molecular complexity index is 590. The van der Waals surface area contributed by atoms with Gasteiger partial charge in [-0.1, -0.05) is 31.3 Å². The Hall–Kier alpha value is -1.06. The number of phenolic OH excluding ortho intramolecular Hbond substituents is 1. The van der Waals surface area contributed by atoms with Crippen LogP contribution in [0.1, 0.15) is 49.1 Å². The summed E-state index contributed by atoms with van der Waals surface area (Å²) in [6.07, 6.45) is 4.15. The van der Waals surface area contributed by atoms with Gasteiger partial charge in [-0.25, -0.2) is 0 Å². The predicted molar refractivity (Wildman–Crippen MR) is 77.4 cm³/mol. The minimum atomic E-state index is -0.837. The fourth-order valence-corrected chi connectivity index (χ4v) is 2.87. The highest BCUT2D eigenvalue weighted by molar-refractivity contribution is 5.30. The fourth-order valence-electron chi connectivity index (χ4n) is 2.87. The summed E-state index contributed by atoms with van der Waals surface area (Å²) in [5.74, 6) is -0.861. The molecular formula is C16H25NO2. The van der Waals surface area contributed by atoms with Gasteiger partial charge in [0, 0.05) is 12.5 Å². The summed E-state index contributed by atoms with van der Waals surface area (Å²) in [6.45, 7) is 0.441. The maximum absolute atomic E-state index is 8.34. The van der Waals surface area contributed by atoms with Crippen LogP contribution in [0.3, 0.4) is 0 Å². The molecule has 0 aliphatic heterocycles. The van der Waals surface area contributed by atoms with Gasteiger partial charge in [0.1, 0.15) is 5.75 Å². The van der Waals surface area contributed by atoms with E-state index in [0.717, 1.165) is 19.3 Å². The van der Waals surface area contributed by atoms with Gasteiger partial charge in [0.15, 0.2) is 0 Å². The molecule has 3 nitrogen and oxygen atoms in total. The van der Waals surface area contributed by atoms with E-state index in [9.17, 15) is 0 Å². The van der Waals surface area contributed by atoms with Crippen LogP contribution in [-0.4, -0.2) is 44.2 Å². The average molecular weight is 269 g/mol. The molecule has 0 bridgehead atoms. The van der Waals surface area contributed by atoms with Crippen LogP contribution in [0.5, 0.6) is 5.75 Å². The lowest BCUT2D eigenvalue weighted by atomic mass is 9.72. The van der Waals surface area contributed by atoms with E-state index in [1.165, 1.54) is 0 Å². The summed E-state index contributed by atoms with van der Waals surface area (Å²) in [5.41, 5.74) is -0.602. The smallest absolute Gasteiger partial charge is 0.293 e. The van der Waals surface area contributed by atoms with Crippen molar-refractivity contribution < 1.29 is 15.7 Å². The number of aromatic hydroxyl groups is 1. The molecule has 0 spiro atoms. The molecule has 1 unspecified atom stereocenters. The standard InChI is InChI=1S/C16H25NO2/c1-17(2)12-15(13-6-8-14(18)9-7-13)16(19)10-4-3-5-11-16/h6-9,15,18-19H,3-5,10-12H2,1-2H3/i6D,7D,8D,9D,19D/hD. The van der Waals surface area contributed by atoms with Gasteiger partial charge in [-0.05, 0) is 44.6 Å². The summed E-state index contributed by atoms with van der Waals surface area (Å²) in [5, 5.41) is 9.51. The lowest BCUT2D eigenvalue weighted by Gasteiger charge is -2.40. The molecule has 1 aliphatic carbocycles. The number of hydrogen-bond donors (Lipinski definition) is 2. The van der Waals surface area contributed by atoms with Gasteiger partial charge >= 0.3 is 0 Å². The number of phenols is 1. The lowest BCUT2D eigenvalue weighted by Crippen LogP contribution is -2.42. The maximum atomic E-state index is 8.34. The summed E-state index contributed by atoms with van der Waals surface area (Å²) in [4.78, 5) is 1.90. The minimum absolute atomic E-state index is 0.225. The molecule has 0 radical (unpaired) electrons. The van der Waals surface area contributed by atoms with Crippen molar-refractivity contribution in [3.05, 3.63) is 29.7 Å². The summed E-state index contributed by atoms with van der Waals surface area (Å²) in [7, 11) is 3.73. The van der Waals surface area contributed by atoms with Crippen LogP contribution in [0, 0.1) is 0 Å². The molecule has 106 valence electrons. The molecular weight excluding hydrogens is 238 g/mol. The van der Waals surface area contributed by atoms with Crippen LogP contribution in [0.15, 0.2) is 24.2 Å². The molecule has 0 amide bonds. The first-order valence-electron chi connectivity index (χ1n) is 9.63. The van der Waals surface area contributed by atoms with E-state index in [4.69, 9.17) is 13.5 Å². The zero-order valence-corrected chi connectivity index (χ0v) is 11.6. The number of hydrogen-bond acceptors (Lipinski definition) is 3. The van der Waals surface area contributed by atoms with Crippen molar-refractivity contribution >= 4 is 0 Å². The molecule has 2 rings (SSSR count). The molecule has 1 atom stereocenters. The van der Waals surface area contributed by atoms with Crippen LogP contribution < -0.4 is 0 Å². The average Bonchev–Trinajstić information content (AvgIpc) is 2.60. The largest absolute Gasteiger partial charge is 0.508 e. The molecule has 1 aromatic carbocycles. The Labute approximate surface area is 124 Å². The zero-order chi connectivity index (χ0) is 18.8. The van der Waals surface area contributed by atoms with Crippen molar-refractivity contribution in [2.45, 2.75) is 43.6 Å². The molecule has 1 fully saturated rings. The molecule has 0 saturated heterocycles. The molecule has 3 heteroatoms. The van der Waals surface area contributed by atoms with Gasteiger partial charge in [0.25, 0.3) is 1.43 Å². The van der Waals surface area contributed by atoms with Crippen molar-refractivity contribution in [3.8, 4) is 5.75 Å². The number of likely N-dealkylation sites (N-methyl/N-ethyl adjacent to an activating group) is 1. The van der Waals surface area contributed by atoms with E-state index in [1.807, 2.05) is 19.0 Å². The van der Waals surface area contributed by atoms with E-state index < -0.39 is 11.5 Å². The molecule has 1 aromatic rings. The molecule has 0 heterocycles. The van der Waals surface area contributed by atoms with Crippen LogP contribution in [0.25, 0.3) is 0 Å². The Balaban J connectivity index is 2.66. The summed E-state index contributed by atoms with van der Waals surface area (Å²) in [6, 6.07) is -1.19. The van der Waals surface area contributed by atoms with E-state index in [0.29, 0.717) is 19.4 Å².